The molecule has 3 amide bonds. The maximum atomic E-state index is 13.8. The second kappa shape index (κ2) is 8.70. The normalized spacial score (nSPS) is 17.9. The zero-order valence-electron chi connectivity index (χ0n) is 18.0. The number of hydrogen-bond donors (Lipinski definition) is 3. The van der Waals surface area contributed by atoms with E-state index in [1.165, 1.54) is 6.20 Å². The number of benzene rings is 2. The van der Waals surface area contributed by atoms with Gasteiger partial charge in [0.25, 0.3) is 0 Å². The number of rotatable bonds is 4. The number of carbonyl (C=O) groups excluding carboxylic acids is 2. The number of hydrogen-bond acceptors (Lipinski definition) is 6. The third kappa shape index (κ3) is 4.37. The Labute approximate surface area is 196 Å². The van der Waals surface area contributed by atoms with Crippen molar-refractivity contribution in [1.82, 2.24) is 10.3 Å². The summed E-state index contributed by atoms with van der Waals surface area (Å²) in [6, 6.07) is 6.75. The first kappa shape index (κ1) is 22.3. The van der Waals surface area contributed by atoms with Gasteiger partial charge in [-0.05, 0) is 24.3 Å². The number of anilines is 2. The van der Waals surface area contributed by atoms with Gasteiger partial charge in [-0.2, -0.15) is 0 Å². The number of fused-ring (bicyclic) bond motifs is 2. The lowest BCUT2D eigenvalue weighted by molar-refractivity contribution is 0.150. The Balaban J connectivity index is 1.28. The summed E-state index contributed by atoms with van der Waals surface area (Å²) in [5.74, 6) is -2.33. The summed E-state index contributed by atoms with van der Waals surface area (Å²) in [7, 11) is 0. The lowest BCUT2D eigenvalue weighted by atomic mass is 10.0. The first-order chi connectivity index (χ1) is 16.8. The highest BCUT2D eigenvalue weighted by Crippen LogP contribution is 2.41. The van der Waals surface area contributed by atoms with Crippen LogP contribution in [0.5, 0.6) is 17.2 Å². The number of nitrogens with one attached hydrogen (secondary N) is 3. The summed E-state index contributed by atoms with van der Waals surface area (Å²) in [4.78, 5) is 27.8. The molecule has 2 aromatic carbocycles. The number of urea groups is 1. The van der Waals surface area contributed by atoms with Crippen LogP contribution in [-0.2, 0) is 11.3 Å². The minimum absolute atomic E-state index is 0.00838. The molecule has 0 aliphatic carbocycles. The minimum atomic E-state index is -1.36. The Morgan fingerprint density at radius 1 is 1.14 bits per heavy atom. The van der Waals surface area contributed by atoms with E-state index in [2.05, 4.69) is 20.9 Å². The predicted octanol–water partition coefficient (Wildman–Crippen LogP) is 5.00. The van der Waals surface area contributed by atoms with Crippen molar-refractivity contribution in [3.05, 3.63) is 71.2 Å². The third-order valence-corrected chi connectivity index (χ3v) is 5.52. The smallest absolute Gasteiger partial charge is 0.413 e. The monoisotopic (exact) mass is 486 g/mol. The Bertz CT molecular complexity index is 1350. The molecule has 0 saturated heterocycles. The summed E-state index contributed by atoms with van der Waals surface area (Å²) >= 11 is 0. The molecule has 5 rings (SSSR count). The number of ether oxygens (including phenoxy) is 3. The van der Waals surface area contributed by atoms with Crippen molar-refractivity contribution in [2.75, 3.05) is 10.6 Å². The largest absolute Gasteiger partial charge is 0.470 e. The van der Waals surface area contributed by atoms with E-state index in [1.54, 1.807) is 31.2 Å². The van der Waals surface area contributed by atoms with Crippen LogP contribution >= 0.6 is 0 Å². The molecule has 35 heavy (non-hydrogen) atoms. The molecule has 0 bridgehead atoms. The van der Waals surface area contributed by atoms with Crippen LogP contribution in [-0.4, -0.2) is 23.3 Å². The van der Waals surface area contributed by atoms with Gasteiger partial charge < -0.3 is 24.8 Å². The topological polar surface area (TPSA) is 111 Å². The van der Waals surface area contributed by atoms with Gasteiger partial charge >= 0.3 is 12.1 Å². The van der Waals surface area contributed by atoms with Crippen LogP contribution < -0.4 is 25.4 Å². The molecule has 1 aromatic heterocycles. The van der Waals surface area contributed by atoms with Gasteiger partial charge in [-0.25, -0.2) is 27.7 Å². The van der Waals surface area contributed by atoms with E-state index in [9.17, 15) is 22.8 Å². The molecule has 0 radical (unpaired) electrons. The van der Waals surface area contributed by atoms with Crippen LogP contribution in [0, 0.1) is 17.5 Å². The lowest BCUT2D eigenvalue weighted by Gasteiger charge is -2.19. The van der Waals surface area contributed by atoms with Gasteiger partial charge in [0.05, 0.1) is 11.3 Å². The predicted molar refractivity (Wildman–Crippen MR) is 116 cm³/mol. The van der Waals surface area contributed by atoms with Gasteiger partial charge in [0.15, 0.2) is 17.9 Å². The number of amides is 3. The summed E-state index contributed by atoms with van der Waals surface area (Å²) in [6.07, 6.45) is 0.0826. The Kier molecular flexibility index (Phi) is 5.55. The summed E-state index contributed by atoms with van der Waals surface area (Å²) in [5, 5.41) is 7.19. The van der Waals surface area contributed by atoms with Gasteiger partial charge in [-0.3, -0.25) is 5.32 Å². The lowest BCUT2D eigenvalue weighted by Crippen LogP contribution is -2.42. The van der Waals surface area contributed by atoms with E-state index >= 15 is 0 Å². The molecule has 3 heterocycles. The molecule has 2 aliphatic heterocycles. The van der Waals surface area contributed by atoms with Crippen molar-refractivity contribution in [3.63, 3.8) is 0 Å². The third-order valence-electron chi connectivity index (χ3n) is 5.52. The molecule has 2 atom stereocenters. The second-order valence-corrected chi connectivity index (χ2v) is 7.81. The van der Waals surface area contributed by atoms with Crippen LogP contribution in [0.15, 0.2) is 42.6 Å². The zero-order chi connectivity index (χ0) is 24.7. The highest BCUT2D eigenvalue weighted by molar-refractivity contribution is 5.89. The van der Waals surface area contributed by atoms with Gasteiger partial charge in [0.1, 0.15) is 35.5 Å². The Morgan fingerprint density at radius 3 is 2.77 bits per heavy atom. The molecule has 0 fully saturated rings. The molecule has 12 heteroatoms. The molecule has 3 aromatic rings. The number of carbonyl (C=O) groups is 2. The molecule has 9 nitrogen and oxygen atoms in total. The number of cyclic esters (lactones) is 1. The van der Waals surface area contributed by atoms with Crippen molar-refractivity contribution in [3.8, 4) is 17.2 Å². The fourth-order valence-electron chi connectivity index (χ4n) is 3.73. The number of nitrogens with zero attached hydrogens (tertiary/aromatic N) is 1. The summed E-state index contributed by atoms with van der Waals surface area (Å²) < 4.78 is 57.0. The van der Waals surface area contributed by atoms with Crippen LogP contribution in [0.25, 0.3) is 0 Å². The standard InChI is InChI=1S/C23H17F3N4O5/c1-10-12-6-11(34-19-4-5-27-20-13(19)9-33-23(32)29-20)2-3-18(12)35-21(10)30-22(31)28-17-8-15(25)14(24)7-16(17)26/h2-8,10,21H,9H2,1H3,(H,27,29,32)(H2,28,30,31)/t10-,21+/m0/s1. The minimum Gasteiger partial charge on any atom is -0.470 e. The maximum Gasteiger partial charge on any atom is 0.413 e. The molecule has 0 saturated carbocycles. The van der Waals surface area contributed by atoms with Crippen molar-refractivity contribution in [1.29, 1.82) is 0 Å². The second-order valence-electron chi connectivity index (χ2n) is 7.81. The molecular weight excluding hydrogens is 469 g/mol. The van der Waals surface area contributed by atoms with E-state index in [-0.39, 0.29) is 12.5 Å². The first-order valence-electron chi connectivity index (χ1n) is 10.4. The van der Waals surface area contributed by atoms with Crippen LogP contribution in [0.2, 0.25) is 0 Å². The van der Waals surface area contributed by atoms with Crippen molar-refractivity contribution >= 4 is 23.6 Å². The van der Waals surface area contributed by atoms with Crippen LogP contribution in [0.4, 0.5) is 34.3 Å². The van der Waals surface area contributed by atoms with Crippen molar-refractivity contribution in [2.45, 2.75) is 25.7 Å². The van der Waals surface area contributed by atoms with Crippen LogP contribution in [0.1, 0.15) is 24.0 Å². The van der Waals surface area contributed by atoms with Gasteiger partial charge in [0.2, 0.25) is 0 Å². The van der Waals surface area contributed by atoms with E-state index in [0.717, 1.165) is 5.56 Å². The quantitative estimate of drug-likeness (QED) is 0.448. The van der Waals surface area contributed by atoms with Gasteiger partial charge in [-0.1, -0.05) is 6.92 Å². The van der Waals surface area contributed by atoms with Gasteiger partial charge in [0, 0.05) is 29.8 Å². The molecule has 0 unspecified atom stereocenters. The Morgan fingerprint density at radius 2 is 1.94 bits per heavy atom. The highest BCUT2D eigenvalue weighted by Gasteiger charge is 2.33. The maximum absolute atomic E-state index is 13.8. The molecular formula is C23H17F3N4O5. The van der Waals surface area contributed by atoms with Crippen molar-refractivity contribution in [2.24, 2.45) is 0 Å². The van der Waals surface area contributed by atoms with Gasteiger partial charge in [-0.15, -0.1) is 0 Å². The number of aromatic nitrogens is 1. The van der Waals surface area contributed by atoms with E-state index < -0.39 is 41.5 Å². The SMILES string of the molecule is C[C@H]1c2cc(Oc3ccnc4c3COC(=O)N4)ccc2O[C@H]1NC(=O)Nc1cc(F)c(F)cc1F. The molecule has 0 spiro atoms. The number of pyridine rings is 1. The van der Waals surface area contributed by atoms with Crippen molar-refractivity contribution < 1.29 is 37.0 Å². The number of halogens is 3. The van der Waals surface area contributed by atoms with E-state index in [0.29, 0.717) is 40.8 Å². The average Bonchev–Trinajstić information content (AvgIpc) is 3.12. The summed E-state index contributed by atoms with van der Waals surface area (Å²) in [5.41, 5.74) is 0.804. The Hall–Kier alpha value is -4.48. The fourth-order valence-corrected chi connectivity index (χ4v) is 3.73. The van der Waals surface area contributed by atoms with E-state index in [4.69, 9.17) is 14.2 Å². The highest BCUT2D eigenvalue weighted by atomic mass is 19.2. The molecule has 180 valence electrons. The first-order valence-corrected chi connectivity index (χ1v) is 10.4. The fraction of sp³-hybridized carbons (Fsp3) is 0.174. The van der Waals surface area contributed by atoms with E-state index in [1.807, 2.05) is 0 Å². The average molecular weight is 486 g/mol. The summed E-state index contributed by atoms with van der Waals surface area (Å²) in [6.45, 7) is 1.81. The molecule has 3 N–H and O–H groups in total. The zero-order valence-corrected chi connectivity index (χ0v) is 18.0. The molecule has 2 aliphatic rings. The van der Waals surface area contributed by atoms with Crippen LogP contribution in [0.3, 0.4) is 0 Å².